The lowest BCUT2D eigenvalue weighted by Crippen LogP contribution is -1.96. The van der Waals surface area contributed by atoms with Crippen molar-refractivity contribution in [2.45, 2.75) is 0 Å². The molecule has 0 N–H and O–H groups in total. The second kappa shape index (κ2) is 10.2. The van der Waals surface area contributed by atoms with E-state index in [1.54, 1.807) is 0 Å². The van der Waals surface area contributed by atoms with Gasteiger partial charge in [0.25, 0.3) is 0 Å². The Bertz CT molecular complexity index is 3150. The largest absolute Gasteiger partial charge is 0.456 e. The summed E-state index contributed by atoms with van der Waals surface area (Å²) in [6.45, 7) is 0. The summed E-state index contributed by atoms with van der Waals surface area (Å²) in [5.74, 6) is 0. The Morgan fingerprint density at radius 3 is 1.33 bits per heavy atom. The molecule has 6 heterocycles. The van der Waals surface area contributed by atoms with Crippen molar-refractivity contribution < 1.29 is 4.42 Å². The van der Waals surface area contributed by atoms with Crippen LogP contribution >= 0.6 is 0 Å². The van der Waals surface area contributed by atoms with Gasteiger partial charge in [0, 0.05) is 84.9 Å². The maximum atomic E-state index is 6.23. The smallest absolute Gasteiger partial charge is 0.135 e. The van der Waals surface area contributed by atoms with E-state index in [0.29, 0.717) is 0 Å². The normalized spacial score (nSPS) is 12.2. The van der Waals surface area contributed by atoms with Crippen LogP contribution in [-0.4, -0.2) is 23.7 Å². The number of aromatic nitrogens is 5. The fraction of sp³-hybridized carbons (Fsp3) is 0. The van der Waals surface area contributed by atoms with E-state index in [9.17, 15) is 0 Å². The van der Waals surface area contributed by atoms with Crippen LogP contribution in [0.2, 0.25) is 0 Å². The van der Waals surface area contributed by atoms with Gasteiger partial charge in [0.15, 0.2) is 0 Å². The van der Waals surface area contributed by atoms with E-state index in [2.05, 4.69) is 151 Å². The van der Waals surface area contributed by atoms with Crippen molar-refractivity contribution in [1.29, 1.82) is 0 Å². The molecule has 6 aromatic carbocycles. The number of hydrogen-bond acceptors (Lipinski definition) is 3. The highest BCUT2D eigenvalue weighted by atomic mass is 16.3. The van der Waals surface area contributed by atoms with Crippen LogP contribution in [0.5, 0.6) is 0 Å². The molecule has 242 valence electrons. The van der Waals surface area contributed by atoms with Crippen LogP contribution in [0.3, 0.4) is 0 Å². The Kier molecular flexibility index (Phi) is 5.41. The summed E-state index contributed by atoms with van der Waals surface area (Å²) in [6, 6.07) is 50.0. The Morgan fingerprint density at radius 1 is 0.327 bits per heavy atom. The predicted octanol–water partition coefficient (Wildman–Crippen LogP) is 11.7. The molecular formula is C46H27N5O. The molecule has 0 aliphatic rings. The van der Waals surface area contributed by atoms with E-state index in [4.69, 9.17) is 4.42 Å². The number of furan rings is 1. The van der Waals surface area contributed by atoms with Gasteiger partial charge in [-0.2, -0.15) is 0 Å². The lowest BCUT2D eigenvalue weighted by Gasteiger charge is -2.11. The molecule has 0 unspecified atom stereocenters. The van der Waals surface area contributed by atoms with Crippen LogP contribution in [0, 0.1) is 0 Å². The van der Waals surface area contributed by atoms with Gasteiger partial charge in [-0.25, -0.2) is 0 Å². The maximum Gasteiger partial charge on any atom is 0.135 e. The van der Waals surface area contributed by atoms with Crippen LogP contribution in [0.4, 0.5) is 0 Å². The number of nitrogens with zero attached hydrogens (tertiary/aromatic N) is 5. The molecule has 0 radical (unpaired) electrons. The van der Waals surface area contributed by atoms with E-state index in [-0.39, 0.29) is 0 Å². The number of rotatable bonds is 3. The van der Waals surface area contributed by atoms with Gasteiger partial charge in [-0.3, -0.25) is 9.97 Å². The van der Waals surface area contributed by atoms with Crippen LogP contribution in [0.1, 0.15) is 0 Å². The zero-order chi connectivity index (χ0) is 33.9. The minimum Gasteiger partial charge on any atom is -0.456 e. The standard InChI is InChI=1S/C46H27N5O/c1-4-10-39-31(7-1)37-26-47-21-19-43(37)49(39)28-13-16-41-34(23-28)35-24-29(50-40-11-5-2-8-32(40)38-27-48-22-20-44(38)50)14-17-42(35)51(41)30-15-18-46-36(25-30)33-9-3-6-12-45(33)52-46/h1-27H. The average Bonchev–Trinajstić information content (AvgIpc) is 3.93. The van der Waals surface area contributed by atoms with Gasteiger partial charge in [0.05, 0.1) is 33.1 Å². The minimum absolute atomic E-state index is 0.886. The number of hydrogen-bond donors (Lipinski definition) is 0. The lowest BCUT2D eigenvalue weighted by atomic mass is 10.1. The first kappa shape index (κ1) is 27.6. The molecule has 12 aromatic rings. The first-order valence-electron chi connectivity index (χ1n) is 17.5. The molecule has 0 amide bonds. The van der Waals surface area contributed by atoms with E-state index < -0.39 is 0 Å². The van der Waals surface area contributed by atoms with Gasteiger partial charge in [0.2, 0.25) is 0 Å². The molecular weight excluding hydrogens is 639 g/mol. The summed E-state index contributed by atoms with van der Waals surface area (Å²) >= 11 is 0. The minimum atomic E-state index is 0.886. The molecule has 0 saturated heterocycles. The molecule has 0 bridgehead atoms. The third-order valence-electron chi connectivity index (χ3n) is 10.8. The van der Waals surface area contributed by atoms with Gasteiger partial charge >= 0.3 is 0 Å². The van der Waals surface area contributed by atoms with E-state index in [1.165, 1.54) is 21.5 Å². The summed E-state index contributed by atoms with van der Waals surface area (Å²) in [5.41, 5.74) is 11.9. The van der Waals surface area contributed by atoms with Crippen molar-refractivity contribution in [3.63, 3.8) is 0 Å². The van der Waals surface area contributed by atoms with Crippen LogP contribution in [0.15, 0.2) is 169 Å². The molecule has 0 aliphatic carbocycles. The van der Waals surface area contributed by atoms with Crippen molar-refractivity contribution in [3.05, 3.63) is 164 Å². The van der Waals surface area contributed by atoms with Crippen LogP contribution in [0.25, 0.3) is 104 Å². The quantitative estimate of drug-likeness (QED) is 0.189. The Hall–Kier alpha value is -7.18. The number of para-hydroxylation sites is 3. The van der Waals surface area contributed by atoms with Gasteiger partial charge in [0.1, 0.15) is 11.2 Å². The molecule has 52 heavy (non-hydrogen) atoms. The number of benzene rings is 6. The zero-order valence-electron chi connectivity index (χ0n) is 27.7. The first-order chi connectivity index (χ1) is 25.8. The fourth-order valence-corrected chi connectivity index (χ4v) is 8.60. The van der Waals surface area contributed by atoms with Crippen molar-refractivity contribution >= 4 is 87.4 Å². The van der Waals surface area contributed by atoms with Crippen molar-refractivity contribution in [2.75, 3.05) is 0 Å². The maximum absolute atomic E-state index is 6.23. The van der Waals surface area contributed by atoms with Gasteiger partial charge < -0.3 is 18.1 Å². The van der Waals surface area contributed by atoms with Gasteiger partial charge in [-0.05, 0) is 84.9 Å². The highest BCUT2D eigenvalue weighted by Gasteiger charge is 2.19. The first-order valence-corrected chi connectivity index (χ1v) is 17.5. The van der Waals surface area contributed by atoms with Crippen LogP contribution in [-0.2, 0) is 0 Å². The Morgan fingerprint density at radius 2 is 0.750 bits per heavy atom. The third-order valence-corrected chi connectivity index (χ3v) is 10.8. The summed E-state index contributed by atoms with van der Waals surface area (Å²) < 4.78 is 13.4. The SMILES string of the molecule is c1ccc2c(c1)oc1ccc(-n3c4ccc(-n5c6ccccc6c6cnccc65)cc4c4cc(-n5c6ccccc6c6cnccc65)ccc43)cc12. The van der Waals surface area contributed by atoms with Crippen molar-refractivity contribution in [3.8, 4) is 17.1 Å². The highest BCUT2D eigenvalue weighted by molar-refractivity contribution is 6.14. The molecule has 6 heteroatoms. The third kappa shape index (κ3) is 3.67. The van der Waals surface area contributed by atoms with Gasteiger partial charge in [-0.1, -0.05) is 54.6 Å². The molecule has 0 spiro atoms. The molecule has 0 aliphatic heterocycles. The van der Waals surface area contributed by atoms with E-state index >= 15 is 0 Å². The molecule has 6 aromatic heterocycles. The molecule has 0 fully saturated rings. The number of fused-ring (bicyclic) bond motifs is 12. The van der Waals surface area contributed by atoms with Crippen LogP contribution < -0.4 is 0 Å². The van der Waals surface area contributed by atoms with Crippen molar-refractivity contribution in [1.82, 2.24) is 23.7 Å². The van der Waals surface area contributed by atoms with Crippen molar-refractivity contribution in [2.24, 2.45) is 0 Å². The molecule has 0 saturated carbocycles. The highest BCUT2D eigenvalue weighted by Crippen LogP contribution is 2.40. The summed E-state index contributed by atoms with van der Waals surface area (Å²) in [6.07, 6.45) is 7.71. The summed E-state index contributed by atoms with van der Waals surface area (Å²) in [7, 11) is 0. The lowest BCUT2D eigenvalue weighted by molar-refractivity contribution is 0.669. The van der Waals surface area contributed by atoms with Gasteiger partial charge in [-0.15, -0.1) is 0 Å². The Balaban J connectivity index is 1.18. The topological polar surface area (TPSA) is 53.7 Å². The molecule has 12 rings (SSSR count). The second-order valence-electron chi connectivity index (χ2n) is 13.5. The Labute approximate surface area is 296 Å². The average molecular weight is 666 g/mol. The predicted molar refractivity (Wildman–Crippen MR) is 212 cm³/mol. The molecule has 0 atom stereocenters. The summed E-state index contributed by atoms with van der Waals surface area (Å²) in [4.78, 5) is 8.96. The number of pyridine rings is 2. The monoisotopic (exact) mass is 665 g/mol. The van der Waals surface area contributed by atoms with E-state index in [0.717, 1.165) is 82.9 Å². The molecule has 6 nitrogen and oxygen atoms in total. The second-order valence-corrected chi connectivity index (χ2v) is 13.5. The van der Waals surface area contributed by atoms with E-state index in [1.807, 2.05) is 36.9 Å². The fourth-order valence-electron chi connectivity index (χ4n) is 8.60. The summed E-state index contributed by atoms with van der Waals surface area (Å²) in [5, 5.41) is 9.24. The zero-order valence-corrected chi connectivity index (χ0v) is 27.7.